The molecular formula is C10H6BrFN6. The van der Waals surface area contributed by atoms with Crippen LogP contribution in [0.2, 0.25) is 0 Å². The van der Waals surface area contributed by atoms with E-state index < -0.39 is 11.7 Å². The summed E-state index contributed by atoms with van der Waals surface area (Å²) in [6, 6.07) is 5.60. The molecule has 0 aliphatic carbocycles. The van der Waals surface area contributed by atoms with E-state index in [4.69, 9.17) is 21.7 Å². The maximum Gasteiger partial charge on any atom is 0.201 e. The monoisotopic (exact) mass is 308 g/mol. The van der Waals surface area contributed by atoms with Crippen LogP contribution in [-0.4, -0.2) is 11.5 Å². The molecule has 0 radical (unpaired) electrons. The molecule has 0 amide bonds. The number of nitrogens with two attached hydrogens (primary N) is 1. The zero-order valence-corrected chi connectivity index (χ0v) is 10.4. The van der Waals surface area contributed by atoms with Crippen molar-refractivity contribution in [3.05, 3.63) is 28.0 Å². The van der Waals surface area contributed by atoms with Crippen LogP contribution in [0.3, 0.4) is 0 Å². The van der Waals surface area contributed by atoms with Crippen LogP contribution in [0.25, 0.3) is 0 Å². The summed E-state index contributed by atoms with van der Waals surface area (Å²) in [5, 5.41) is 27.8. The summed E-state index contributed by atoms with van der Waals surface area (Å²) in [6.07, 6.45) is 0. The molecule has 8 heteroatoms. The van der Waals surface area contributed by atoms with E-state index in [-0.39, 0.29) is 17.0 Å². The summed E-state index contributed by atoms with van der Waals surface area (Å²) >= 11 is 3.11. The molecule has 1 aromatic carbocycles. The maximum absolute atomic E-state index is 13.3. The molecule has 1 aromatic rings. The highest BCUT2D eigenvalue weighted by Crippen LogP contribution is 2.25. The number of anilines is 1. The van der Waals surface area contributed by atoms with Gasteiger partial charge >= 0.3 is 0 Å². The highest BCUT2D eigenvalue weighted by atomic mass is 79.9. The quantitative estimate of drug-likeness (QED) is 0.446. The second-order valence-corrected chi connectivity index (χ2v) is 3.88. The number of amidine groups is 1. The molecule has 0 heterocycles. The van der Waals surface area contributed by atoms with Crippen LogP contribution >= 0.6 is 15.9 Å². The molecule has 18 heavy (non-hydrogen) atoms. The first-order valence-corrected chi connectivity index (χ1v) is 5.26. The zero-order chi connectivity index (χ0) is 13.7. The zero-order valence-electron chi connectivity index (χ0n) is 8.83. The van der Waals surface area contributed by atoms with Crippen LogP contribution in [0.1, 0.15) is 5.56 Å². The van der Waals surface area contributed by atoms with Crippen molar-refractivity contribution in [3.8, 4) is 12.1 Å². The topological polar surface area (TPSA) is 122 Å². The van der Waals surface area contributed by atoms with E-state index in [0.29, 0.717) is 4.47 Å². The van der Waals surface area contributed by atoms with E-state index >= 15 is 0 Å². The highest BCUT2D eigenvalue weighted by molar-refractivity contribution is 9.10. The second-order valence-electron chi connectivity index (χ2n) is 3.02. The van der Waals surface area contributed by atoms with E-state index in [2.05, 4.69) is 26.5 Å². The van der Waals surface area contributed by atoms with E-state index in [1.54, 1.807) is 12.1 Å². The smallest absolute Gasteiger partial charge is 0.201 e. The maximum atomic E-state index is 13.3. The Kier molecular flexibility index (Phi) is 4.35. The molecule has 0 saturated heterocycles. The van der Waals surface area contributed by atoms with E-state index in [0.717, 1.165) is 6.07 Å². The van der Waals surface area contributed by atoms with Gasteiger partial charge in [0.2, 0.25) is 5.71 Å². The van der Waals surface area contributed by atoms with Gasteiger partial charge in [0, 0.05) is 10.5 Å². The first-order valence-electron chi connectivity index (χ1n) is 4.47. The lowest BCUT2D eigenvalue weighted by Gasteiger charge is -2.05. The van der Waals surface area contributed by atoms with Crippen LogP contribution in [0.15, 0.2) is 21.7 Å². The minimum absolute atomic E-state index is 0.122. The lowest BCUT2D eigenvalue weighted by Crippen LogP contribution is -2.21. The first-order chi connectivity index (χ1) is 8.49. The van der Waals surface area contributed by atoms with Crippen molar-refractivity contribution in [3.63, 3.8) is 0 Å². The number of nitrogens with zero attached hydrogens (tertiary/aromatic N) is 3. The Labute approximate surface area is 110 Å². The SMILES string of the molecule is N#C/C(=N\Nc1cc(F)c(C#N)cc1Br)C(=N)N. The molecule has 0 aliphatic heterocycles. The molecule has 0 spiro atoms. The van der Waals surface area contributed by atoms with Crippen molar-refractivity contribution < 1.29 is 4.39 Å². The van der Waals surface area contributed by atoms with Crippen LogP contribution in [0.4, 0.5) is 10.1 Å². The lowest BCUT2D eigenvalue weighted by molar-refractivity contribution is 0.624. The summed E-state index contributed by atoms with van der Waals surface area (Å²) in [4.78, 5) is 0. The third kappa shape index (κ3) is 3.03. The molecule has 0 aromatic heterocycles. The molecule has 6 nitrogen and oxygen atoms in total. The Morgan fingerprint density at radius 3 is 2.67 bits per heavy atom. The van der Waals surface area contributed by atoms with Crippen molar-refractivity contribution in [1.29, 1.82) is 15.9 Å². The Morgan fingerprint density at radius 2 is 2.17 bits per heavy atom. The number of nitrogens with one attached hydrogen (secondary N) is 2. The number of halogens is 2. The molecule has 0 aliphatic rings. The van der Waals surface area contributed by atoms with Gasteiger partial charge in [0.1, 0.15) is 18.0 Å². The van der Waals surface area contributed by atoms with Gasteiger partial charge in [-0.25, -0.2) is 4.39 Å². The summed E-state index contributed by atoms with van der Waals surface area (Å²) in [7, 11) is 0. The van der Waals surface area contributed by atoms with Crippen molar-refractivity contribution in [2.24, 2.45) is 10.8 Å². The fraction of sp³-hybridized carbons (Fsp3) is 0. The molecule has 4 N–H and O–H groups in total. The van der Waals surface area contributed by atoms with Crippen LogP contribution in [-0.2, 0) is 0 Å². The molecule has 0 atom stereocenters. The molecule has 0 unspecified atom stereocenters. The number of hydrogen-bond donors (Lipinski definition) is 3. The number of rotatable bonds is 3. The minimum Gasteiger partial charge on any atom is -0.382 e. The van der Waals surface area contributed by atoms with Gasteiger partial charge in [-0.3, -0.25) is 10.8 Å². The summed E-state index contributed by atoms with van der Waals surface area (Å²) < 4.78 is 13.7. The van der Waals surface area contributed by atoms with Gasteiger partial charge in [0.05, 0.1) is 11.3 Å². The van der Waals surface area contributed by atoms with Gasteiger partial charge in [0.15, 0.2) is 5.84 Å². The minimum atomic E-state index is -0.722. The van der Waals surface area contributed by atoms with Crippen molar-refractivity contribution >= 4 is 33.2 Å². The summed E-state index contributed by atoms with van der Waals surface area (Å²) in [6.45, 7) is 0. The molecule has 90 valence electrons. The van der Waals surface area contributed by atoms with Gasteiger partial charge in [-0.05, 0) is 22.0 Å². The van der Waals surface area contributed by atoms with Crippen LogP contribution in [0, 0.1) is 33.9 Å². The molecule has 1 rings (SSSR count). The Bertz CT molecular complexity index is 610. The van der Waals surface area contributed by atoms with Gasteiger partial charge in [-0.15, -0.1) is 0 Å². The average molecular weight is 309 g/mol. The highest BCUT2D eigenvalue weighted by Gasteiger charge is 2.08. The predicted molar refractivity (Wildman–Crippen MR) is 67.4 cm³/mol. The molecular weight excluding hydrogens is 303 g/mol. The van der Waals surface area contributed by atoms with Crippen LogP contribution < -0.4 is 11.2 Å². The fourth-order valence-electron chi connectivity index (χ4n) is 0.980. The van der Waals surface area contributed by atoms with Crippen molar-refractivity contribution in [1.82, 2.24) is 0 Å². The largest absolute Gasteiger partial charge is 0.382 e. The van der Waals surface area contributed by atoms with Gasteiger partial charge in [-0.2, -0.15) is 15.6 Å². The Balaban J connectivity index is 3.08. The number of hydrazone groups is 1. The molecule has 0 saturated carbocycles. The Morgan fingerprint density at radius 1 is 1.50 bits per heavy atom. The third-order valence-corrected chi connectivity index (χ3v) is 2.48. The van der Waals surface area contributed by atoms with Crippen molar-refractivity contribution in [2.75, 3.05) is 5.43 Å². The average Bonchev–Trinajstić information content (AvgIpc) is 2.33. The fourth-order valence-corrected chi connectivity index (χ4v) is 1.41. The summed E-state index contributed by atoms with van der Waals surface area (Å²) in [5.74, 6) is -1.23. The standard InChI is InChI=1S/C10H6BrFN6/c11-6-1-5(3-13)7(12)2-8(6)17-18-9(4-14)10(15)16/h1-2,17H,(H3,15,16)/b18-9+. The molecule has 0 bridgehead atoms. The van der Waals surface area contributed by atoms with Crippen LogP contribution in [0.5, 0.6) is 0 Å². The van der Waals surface area contributed by atoms with Crippen molar-refractivity contribution in [2.45, 2.75) is 0 Å². The van der Waals surface area contributed by atoms with Gasteiger partial charge in [0.25, 0.3) is 0 Å². The first kappa shape index (κ1) is 13.6. The van der Waals surface area contributed by atoms with E-state index in [1.165, 1.54) is 6.07 Å². The normalized spacial score (nSPS) is 10.3. The predicted octanol–water partition coefficient (Wildman–Crippen LogP) is 1.69. The third-order valence-electron chi connectivity index (χ3n) is 1.83. The summed E-state index contributed by atoms with van der Waals surface area (Å²) in [5.41, 5.74) is 7.23. The number of nitriles is 2. The number of benzene rings is 1. The van der Waals surface area contributed by atoms with Gasteiger partial charge < -0.3 is 5.73 Å². The Hall–Kier alpha value is -2.45. The second kappa shape index (κ2) is 5.75. The molecule has 0 fully saturated rings. The number of hydrogen-bond acceptors (Lipinski definition) is 5. The van der Waals surface area contributed by atoms with Gasteiger partial charge in [-0.1, -0.05) is 0 Å². The van der Waals surface area contributed by atoms with E-state index in [1.807, 2.05) is 0 Å². The van der Waals surface area contributed by atoms with E-state index in [9.17, 15) is 4.39 Å². The lowest BCUT2D eigenvalue weighted by atomic mass is 10.2.